The van der Waals surface area contributed by atoms with Crippen LogP contribution in [0.2, 0.25) is 0 Å². The Morgan fingerprint density at radius 1 is 1.10 bits per heavy atom. The number of halogens is 1. The highest BCUT2D eigenvalue weighted by molar-refractivity contribution is 5.83. The Hall–Kier alpha value is -2.87. The first-order chi connectivity index (χ1) is 14.2. The van der Waals surface area contributed by atoms with Crippen LogP contribution in [0.1, 0.15) is 12.0 Å². The van der Waals surface area contributed by atoms with Gasteiger partial charge in [-0.1, -0.05) is 0 Å². The normalized spacial score (nSPS) is 15.1. The van der Waals surface area contributed by atoms with E-state index in [0.717, 1.165) is 62.3 Å². The predicted molar refractivity (Wildman–Crippen MR) is 110 cm³/mol. The SMILES string of the molecule is COc1ncnc(N2CCN(CCCc3c[nH]c4ccc(F)cc34)CC2)c1OC. The molecule has 1 aliphatic rings. The van der Waals surface area contributed by atoms with Crippen LogP contribution in [0.4, 0.5) is 10.2 Å². The summed E-state index contributed by atoms with van der Waals surface area (Å²) in [6.07, 6.45) is 5.47. The van der Waals surface area contributed by atoms with Gasteiger partial charge in [-0.15, -0.1) is 0 Å². The number of nitrogens with zero attached hydrogens (tertiary/aromatic N) is 4. The number of fused-ring (bicyclic) bond motifs is 1. The first-order valence-electron chi connectivity index (χ1n) is 9.85. The van der Waals surface area contributed by atoms with Crippen molar-refractivity contribution in [3.05, 3.63) is 42.1 Å². The average Bonchev–Trinajstić information content (AvgIpc) is 3.15. The van der Waals surface area contributed by atoms with Gasteiger partial charge in [0, 0.05) is 43.3 Å². The monoisotopic (exact) mass is 399 g/mol. The van der Waals surface area contributed by atoms with Crippen LogP contribution in [0.15, 0.2) is 30.7 Å². The van der Waals surface area contributed by atoms with Crippen LogP contribution < -0.4 is 14.4 Å². The lowest BCUT2D eigenvalue weighted by Gasteiger charge is -2.35. The number of piperazine rings is 1. The molecule has 4 rings (SSSR count). The molecule has 29 heavy (non-hydrogen) atoms. The summed E-state index contributed by atoms with van der Waals surface area (Å²) in [5.41, 5.74) is 2.17. The second-order valence-electron chi connectivity index (χ2n) is 7.18. The minimum absolute atomic E-state index is 0.189. The van der Waals surface area contributed by atoms with E-state index in [9.17, 15) is 4.39 Å². The van der Waals surface area contributed by atoms with Crippen LogP contribution in [0.25, 0.3) is 10.9 Å². The average molecular weight is 399 g/mol. The summed E-state index contributed by atoms with van der Waals surface area (Å²) in [5.74, 6) is 1.62. The van der Waals surface area contributed by atoms with Crippen molar-refractivity contribution < 1.29 is 13.9 Å². The van der Waals surface area contributed by atoms with E-state index in [0.29, 0.717) is 11.6 Å². The van der Waals surface area contributed by atoms with Crippen LogP contribution in [-0.4, -0.2) is 66.8 Å². The molecule has 154 valence electrons. The van der Waals surface area contributed by atoms with Gasteiger partial charge in [0.15, 0.2) is 5.82 Å². The van der Waals surface area contributed by atoms with Crippen LogP contribution in [0.3, 0.4) is 0 Å². The van der Waals surface area contributed by atoms with Crippen LogP contribution >= 0.6 is 0 Å². The number of aromatic amines is 1. The van der Waals surface area contributed by atoms with Gasteiger partial charge in [0.2, 0.25) is 5.75 Å². The number of benzene rings is 1. The summed E-state index contributed by atoms with van der Waals surface area (Å²) in [7, 11) is 3.19. The number of anilines is 1. The number of nitrogens with one attached hydrogen (secondary N) is 1. The second-order valence-corrected chi connectivity index (χ2v) is 7.18. The third-order valence-electron chi connectivity index (χ3n) is 5.47. The minimum Gasteiger partial charge on any atom is -0.489 e. The van der Waals surface area contributed by atoms with E-state index >= 15 is 0 Å². The first-order valence-corrected chi connectivity index (χ1v) is 9.85. The van der Waals surface area contributed by atoms with Crippen molar-refractivity contribution in [2.45, 2.75) is 12.8 Å². The Balaban J connectivity index is 1.31. The lowest BCUT2D eigenvalue weighted by atomic mass is 10.1. The number of aryl methyl sites for hydroxylation is 1. The van der Waals surface area contributed by atoms with Crippen molar-refractivity contribution >= 4 is 16.7 Å². The molecule has 0 amide bonds. The summed E-state index contributed by atoms with van der Waals surface area (Å²) < 4.78 is 24.3. The second kappa shape index (κ2) is 8.65. The zero-order valence-electron chi connectivity index (χ0n) is 16.8. The highest BCUT2D eigenvalue weighted by atomic mass is 19.1. The van der Waals surface area contributed by atoms with Crippen molar-refractivity contribution in [2.75, 3.05) is 51.8 Å². The summed E-state index contributed by atoms with van der Waals surface area (Å²) in [6, 6.07) is 4.90. The van der Waals surface area contributed by atoms with E-state index in [1.165, 1.54) is 18.0 Å². The van der Waals surface area contributed by atoms with E-state index < -0.39 is 0 Å². The summed E-state index contributed by atoms with van der Waals surface area (Å²) in [6.45, 7) is 4.67. The fourth-order valence-electron chi connectivity index (χ4n) is 3.93. The van der Waals surface area contributed by atoms with E-state index in [4.69, 9.17) is 9.47 Å². The van der Waals surface area contributed by atoms with Crippen molar-refractivity contribution in [2.24, 2.45) is 0 Å². The highest BCUT2D eigenvalue weighted by Gasteiger charge is 2.23. The van der Waals surface area contributed by atoms with Crippen molar-refractivity contribution in [1.29, 1.82) is 0 Å². The molecule has 1 N–H and O–H groups in total. The lowest BCUT2D eigenvalue weighted by molar-refractivity contribution is 0.253. The maximum Gasteiger partial charge on any atom is 0.262 e. The van der Waals surface area contributed by atoms with E-state index in [1.807, 2.05) is 6.20 Å². The minimum atomic E-state index is -0.189. The Morgan fingerprint density at radius 3 is 2.69 bits per heavy atom. The predicted octanol–water partition coefficient (Wildman–Crippen LogP) is 2.87. The van der Waals surface area contributed by atoms with Crippen molar-refractivity contribution in [3.63, 3.8) is 0 Å². The molecule has 0 spiro atoms. The number of ether oxygens (including phenoxy) is 2. The third-order valence-corrected chi connectivity index (χ3v) is 5.47. The number of rotatable bonds is 7. The molecular formula is C21H26FN5O2. The molecule has 0 radical (unpaired) electrons. The van der Waals surface area contributed by atoms with Gasteiger partial charge in [-0.05, 0) is 43.1 Å². The molecule has 0 aliphatic carbocycles. The van der Waals surface area contributed by atoms with Crippen LogP contribution in [0.5, 0.6) is 11.6 Å². The third kappa shape index (κ3) is 4.12. The Bertz CT molecular complexity index is 969. The fourth-order valence-corrected chi connectivity index (χ4v) is 3.93. The molecule has 7 nitrogen and oxygen atoms in total. The van der Waals surface area contributed by atoms with E-state index in [1.54, 1.807) is 26.4 Å². The number of H-pyrrole nitrogens is 1. The largest absolute Gasteiger partial charge is 0.489 e. The zero-order chi connectivity index (χ0) is 20.2. The van der Waals surface area contributed by atoms with Gasteiger partial charge >= 0.3 is 0 Å². The maximum absolute atomic E-state index is 13.5. The van der Waals surface area contributed by atoms with Gasteiger partial charge in [0.25, 0.3) is 5.88 Å². The van der Waals surface area contributed by atoms with Gasteiger partial charge in [0.05, 0.1) is 14.2 Å². The molecule has 2 aromatic heterocycles. The number of methoxy groups -OCH3 is 2. The molecule has 8 heteroatoms. The standard InChI is InChI=1S/C21H26FN5O2/c1-28-19-20(24-14-25-21(19)29-2)27-10-8-26(9-11-27)7-3-4-15-13-23-18-6-5-16(22)12-17(15)18/h5-6,12-14,23H,3-4,7-11H2,1-2H3. The Morgan fingerprint density at radius 2 is 1.93 bits per heavy atom. The topological polar surface area (TPSA) is 66.5 Å². The Kier molecular flexibility index (Phi) is 5.80. The molecule has 3 heterocycles. The van der Waals surface area contributed by atoms with Gasteiger partial charge in [-0.3, -0.25) is 4.90 Å². The maximum atomic E-state index is 13.5. The molecule has 0 unspecified atom stereocenters. The van der Waals surface area contributed by atoms with E-state index in [-0.39, 0.29) is 5.82 Å². The van der Waals surface area contributed by atoms with Gasteiger partial charge in [-0.2, -0.15) is 4.98 Å². The highest BCUT2D eigenvalue weighted by Crippen LogP contribution is 2.33. The molecule has 0 atom stereocenters. The zero-order valence-corrected chi connectivity index (χ0v) is 16.8. The Labute approximate surface area is 169 Å². The lowest BCUT2D eigenvalue weighted by Crippen LogP contribution is -2.47. The van der Waals surface area contributed by atoms with Gasteiger partial charge in [0.1, 0.15) is 12.1 Å². The fraction of sp³-hybridized carbons (Fsp3) is 0.429. The summed E-state index contributed by atoms with van der Waals surface area (Å²) in [5, 5.41) is 0.986. The summed E-state index contributed by atoms with van der Waals surface area (Å²) >= 11 is 0. The summed E-state index contributed by atoms with van der Waals surface area (Å²) in [4.78, 5) is 16.4. The molecule has 0 bridgehead atoms. The first kappa shape index (κ1) is 19.4. The molecule has 1 aliphatic heterocycles. The van der Waals surface area contributed by atoms with E-state index in [2.05, 4.69) is 24.8 Å². The van der Waals surface area contributed by atoms with Crippen LogP contribution in [-0.2, 0) is 6.42 Å². The molecule has 1 fully saturated rings. The molecular weight excluding hydrogens is 373 g/mol. The van der Waals surface area contributed by atoms with Crippen molar-refractivity contribution in [3.8, 4) is 11.6 Å². The van der Waals surface area contributed by atoms with Crippen LogP contribution in [0, 0.1) is 5.82 Å². The number of aromatic nitrogens is 3. The number of hydrogen-bond acceptors (Lipinski definition) is 6. The van der Waals surface area contributed by atoms with Crippen molar-refractivity contribution in [1.82, 2.24) is 19.9 Å². The number of hydrogen-bond donors (Lipinski definition) is 1. The quantitative estimate of drug-likeness (QED) is 0.659. The molecule has 1 aromatic carbocycles. The van der Waals surface area contributed by atoms with Gasteiger partial charge < -0.3 is 19.4 Å². The smallest absolute Gasteiger partial charge is 0.262 e. The molecule has 3 aromatic rings. The van der Waals surface area contributed by atoms with Gasteiger partial charge in [-0.25, -0.2) is 9.37 Å². The molecule has 0 saturated carbocycles. The molecule has 1 saturated heterocycles.